The SMILES string of the molecule is CN(CCC(=O)N1CCc2ccccc21)CC1CCN(CCO)CC1. The first-order valence-corrected chi connectivity index (χ1v) is 9.57. The molecule has 0 unspecified atom stereocenters. The summed E-state index contributed by atoms with van der Waals surface area (Å²) in [6, 6.07) is 8.24. The van der Waals surface area contributed by atoms with Crippen LogP contribution < -0.4 is 4.90 Å². The molecule has 1 N–H and O–H groups in total. The Balaban J connectivity index is 1.39. The molecule has 0 aliphatic carbocycles. The van der Waals surface area contributed by atoms with Gasteiger partial charge < -0.3 is 19.8 Å². The van der Waals surface area contributed by atoms with Crippen molar-refractivity contribution in [2.24, 2.45) is 5.92 Å². The summed E-state index contributed by atoms with van der Waals surface area (Å²) in [5.41, 5.74) is 2.39. The van der Waals surface area contributed by atoms with Gasteiger partial charge in [-0.3, -0.25) is 4.79 Å². The number of carbonyl (C=O) groups is 1. The van der Waals surface area contributed by atoms with Crippen LogP contribution in [0.5, 0.6) is 0 Å². The molecule has 1 aromatic rings. The zero-order chi connectivity index (χ0) is 17.6. The summed E-state index contributed by atoms with van der Waals surface area (Å²) in [6.45, 7) is 5.95. The monoisotopic (exact) mass is 345 g/mol. The predicted octanol–water partition coefficient (Wildman–Crippen LogP) is 1.60. The quantitative estimate of drug-likeness (QED) is 0.815. The van der Waals surface area contributed by atoms with Crippen LogP contribution >= 0.6 is 0 Å². The van der Waals surface area contributed by atoms with Gasteiger partial charge in [0.1, 0.15) is 0 Å². The van der Waals surface area contributed by atoms with Crippen LogP contribution in [0, 0.1) is 5.92 Å². The molecule has 0 atom stereocenters. The lowest BCUT2D eigenvalue weighted by Gasteiger charge is -2.33. The van der Waals surface area contributed by atoms with Crippen LogP contribution in [0.2, 0.25) is 0 Å². The van der Waals surface area contributed by atoms with Crippen molar-refractivity contribution in [1.29, 1.82) is 0 Å². The number of nitrogens with zero attached hydrogens (tertiary/aromatic N) is 3. The van der Waals surface area contributed by atoms with E-state index in [1.165, 1.54) is 18.4 Å². The molecule has 1 amide bonds. The lowest BCUT2D eigenvalue weighted by Crippen LogP contribution is -2.39. The molecule has 25 heavy (non-hydrogen) atoms. The lowest BCUT2D eigenvalue weighted by atomic mass is 9.96. The molecule has 2 aliphatic rings. The van der Waals surface area contributed by atoms with Gasteiger partial charge in [0.15, 0.2) is 0 Å². The van der Waals surface area contributed by atoms with Gasteiger partial charge >= 0.3 is 0 Å². The van der Waals surface area contributed by atoms with E-state index in [0.717, 1.165) is 51.4 Å². The summed E-state index contributed by atoms with van der Waals surface area (Å²) < 4.78 is 0. The zero-order valence-electron chi connectivity index (χ0n) is 15.4. The summed E-state index contributed by atoms with van der Waals surface area (Å²) in [4.78, 5) is 19.2. The largest absolute Gasteiger partial charge is 0.395 e. The molecule has 1 saturated heterocycles. The zero-order valence-corrected chi connectivity index (χ0v) is 15.4. The van der Waals surface area contributed by atoms with E-state index in [1.54, 1.807) is 0 Å². The Bertz CT molecular complexity index is 570. The molecule has 0 radical (unpaired) electrons. The number of benzene rings is 1. The first-order valence-electron chi connectivity index (χ1n) is 9.57. The third-order valence-corrected chi connectivity index (χ3v) is 5.59. The van der Waals surface area contributed by atoms with Gasteiger partial charge in [-0.25, -0.2) is 0 Å². The number of likely N-dealkylation sites (tertiary alicyclic amines) is 1. The highest BCUT2D eigenvalue weighted by Crippen LogP contribution is 2.28. The molecule has 2 heterocycles. The maximum absolute atomic E-state index is 12.6. The molecular weight excluding hydrogens is 314 g/mol. The Hall–Kier alpha value is -1.43. The molecule has 1 aromatic carbocycles. The van der Waals surface area contributed by atoms with E-state index >= 15 is 0 Å². The van der Waals surface area contributed by atoms with E-state index in [0.29, 0.717) is 12.3 Å². The van der Waals surface area contributed by atoms with E-state index in [9.17, 15) is 4.79 Å². The van der Waals surface area contributed by atoms with Crippen LogP contribution in [0.1, 0.15) is 24.8 Å². The summed E-state index contributed by atoms with van der Waals surface area (Å²) in [5.74, 6) is 0.956. The van der Waals surface area contributed by atoms with Crippen LogP contribution in [0.25, 0.3) is 0 Å². The number of hydrogen-bond acceptors (Lipinski definition) is 4. The van der Waals surface area contributed by atoms with Crippen molar-refractivity contribution in [3.63, 3.8) is 0 Å². The van der Waals surface area contributed by atoms with Gasteiger partial charge in [-0.1, -0.05) is 18.2 Å². The first-order chi connectivity index (χ1) is 12.2. The fraction of sp³-hybridized carbons (Fsp3) is 0.650. The van der Waals surface area contributed by atoms with Gasteiger partial charge in [0.25, 0.3) is 0 Å². The van der Waals surface area contributed by atoms with Crippen LogP contribution in [0.3, 0.4) is 0 Å². The van der Waals surface area contributed by atoms with E-state index < -0.39 is 0 Å². The molecule has 5 nitrogen and oxygen atoms in total. The van der Waals surface area contributed by atoms with Crippen molar-refractivity contribution >= 4 is 11.6 Å². The number of aliphatic hydroxyl groups is 1. The minimum atomic E-state index is 0.245. The Morgan fingerprint density at radius 2 is 2.00 bits per heavy atom. The van der Waals surface area contributed by atoms with Gasteiger partial charge in [0, 0.05) is 38.3 Å². The van der Waals surface area contributed by atoms with Gasteiger partial charge in [0.2, 0.25) is 5.91 Å². The van der Waals surface area contributed by atoms with Crippen molar-refractivity contribution in [3.05, 3.63) is 29.8 Å². The molecule has 0 aromatic heterocycles. The highest BCUT2D eigenvalue weighted by molar-refractivity contribution is 5.95. The fourth-order valence-corrected chi connectivity index (χ4v) is 4.08. The number of anilines is 1. The van der Waals surface area contributed by atoms with Crippen molar-refractivity contribution < 1.29 is 9.90 Å². The second kappa shape index (κ2) is 8.79. The van der Waals surface area contributed by atoms with Gasteiger partial charge in [-0.2, -0.15) is 0 Å². The molecule has 0 spiro atoms. The number of para-hydroxylation sites is 1. The fourth-order valence-electron chi connectivity index (χ4n) is 4.08. The maximum Gasteiger partial charge on any atom is 0.228 e. The average molecular weight is 345 g/mol. The molecule has 1 fully saturated rings. The second-order valence-electron chi connectivity index (χ2n) is 7.44. The molecular formula is C20H31N3O2. The Kier molecular flexibility index (Phi) is 6.45. The Morgan fingerprint density at radius 1 is 1.24 bits per heavy atom. The van der Waals surface area contributed by atoms with E-state index in [-0.39, 0.29) is 12.5 Å². The van der Waals surface area contributed by atoms with Crippen LogP contribution in [0.4, 0.5) is 5.69 Å². The van der Waals surface area contributed by atoms with E-state index in [2.05, 4.69) is 29.0 Å². The predicted molar refractivity (Wildman–Crippen MR) is 101 cm³/mol. The van der Waals surface area contributed by atoms with Crippen molar-refractivity contribution in [2.75, 3.05) is 57.8 Å². The van der Waals surface area contributed by atoms with Gasteiger partial charge in [-0.05, 0) is 56.9 Å². The summed E-state index contributed by atoms with van der Waals surface area (Å²) in [6.07, 6.45) is 3.95. The Labute approximate surface area is 151 Å². The van der Waals surface area contributed by atoms with Crippen molar-refractivity contribution in [1.82, 2.24) is 9.80 Å². The summed E-state index contributed by atoms with van der Waals surface area (Å²) in [5, 5.41) is 9.02. The minimum Gasteiger partial charge on any atom is -0.395 e. The second-order valence-corrected chi connectivity index (χ2v) is 7.44. The van der Waals surface area contributed by atoms with E-state index in [1.807, 2.05) is 17.0 Å². The van der Waals surface area contributed by atoms with Crippen LogP contribution in [-0.2, 0) is 11.2 Å². The molecule has 2 aliphatic heterocycles. The number of carbonyl (C=O) groups excluding carboxylic acids is 1. The van der Waals surface area contributed by atoms with Gasteiger partial charge in [0.05, 0.1) is 6.61 Å². The third-order valence-electron chi connectivity index (χ3n) is 5.59. The molecule has 3 rings (SSSR count). The minimum absolute atomic E-state index is 0.245. The highest BCUT2D eigenvalue weighted by atomic mass is 16.3. The van der Waals surface area contributed by atoms with Crippen molar-refractivity contribution in [3.8, 4) is 0 Å². The topological polar surface area (TPSA) is 47.0 Å². The lowest BCUT2D eigenvalue weighted by molar-refractivity contribution is -0.118. The molecule has 5 heteroatoms. The number of amides is 1. The summed E-state index contributed by atoms with van der Waals surface area (Å²) >= 11 is 0. The first kappa shape index (κ1) is 18.4. The number of fused-ring (bicyclic) bond motifs is 1. The third kappa shape index (κ3) is 4.81. The summed E-state index contributed by atoms with van der Waals surface area (Å²) in [7, 11) is 2.13. The number of aliphatic hydroxyl groups excluding tert-OH is 1. The molecule has 138 valence electrons. The highest BCUT2D eigenvalue weighted by Gasteiger charge is 2.24. The smallest absolute Gasteiger partial charge is 0.228 e. The molecule has 0 bridgehead atoms. The Morgan fingerprint density at radius 3 is 2.76 bits per heavy atom. The maximum atomic E-state index is 12.6. The van der Waals surface area contributed by atoms with Crippen LogP contribution in [-0.4, -0.2) is 73.7 Å². The normalized spacial score (nSPS) is 18.8. The molecule has 0 saturated carbocycles. The number of hydrogen-bond donors (Lipinski definition) is 1. The number of rotatable bonds is 7. The standard InChI is InChI=1S/C20H31N3O2/c1-21(16-17-6-11-22(12-7-17)14-15-24)10-9-20(25)23-13-8-18-4-2-3-5-19(18)23/h2-5,17,24H,6-16H2,1H3. The number of piperidine rings is 1. The number of β-amino-alcohol motifs (C(OH)–C–C–N with tert-alkyl or cyclic N) is 1. The van der Waals surface area contributed by atoms with Crippen molar-refractivity contribution in [2.45, 2.75) is 25.7 Å². The van der Waals surface area contributed by atoms with E-state index in [4.69, 9.17) is 5.11 Å². The van der Waals surface area contributed by atoms with Crippen LogP contribution in [0.15, 0.2) is 24.3 Å². The van der Waals surface area contributed by atoms with Gasteiger partial charge in [-0.15, -0.1) is 0 Å². The average Bonchev–Trinajstić information content (AvgIpc) is 3.06.